The number of fused-ring (bicyclic) bond motifs is 5. The first-order valence-corrected chi connectivity index (χ1v) is 16.1. The number of hydrogen-bond donors (Lipinski definition) is 2. The summed E-state index contributed by atoms with van der Waals surface area (Å²) in [6.07, 6.45) is 3.02. The van der Waals surface area contributed by atoms with Crippen molar-refractivity contribution in [2.24, 2.45) is 0 Å². The molecular weight excluding hydrogens is 607 g/mol. The first-order chi connectivity index (χ1) is 20.9. The van der Waals surface area contributed by atoms with E-state index in [9.17, 15) is 14.4 Å². The van der Waals surface area contributed by atoms with Crippen LogP contribution in [0.5, 0.6) is 0 Å². The summed E-state index contributed by atoms with van der Waals surface area (Å²) in [7, 11) is 2.08. The van der Waals surface area contributed by atoms with E-state index in [1.807, 2.05) is 6.07 Å². The van der Waals surface area contributed by atoms with Gasteiger partial charge in [-0.2, -0.15) is 0 Å². The van der Waals surface area contributed by atoms with E-state index in [0.29, 0.717) is 47.5 Å². The predicted octanol–water partition coefficient (Wildman–Crippen LogP) is 5.17. The van der Waals surface area contributed by atoms with Gasteiger partial charge in [0.2, 0.25) is 5.43 Å². The highest BCUT2D eigenvalue weighted by atomic mass is 35.5. The van der Waals surface area contributed by atoms with Gasteiger partial charge in [-0.25, -0.2) is 14.2 Å². The number of rotatable bonds is 6. The summed E-state index contributed by atoms with van der Waals surface area (Å²) in [5.41, 5.74) is -0.340. The summed E-state index contributed by atoms with van der Waals surface area (Å²) in [5.74, 6) is -1.10. The highest BCUT2D eigenvalue weighted by Crippen LogP contribution is 2.34. The fourth-order valence-corrected chi connectivity index (χ4v) is 7.50. The molecule has 2 aliphatic rings. The minimum Gasteiger partial charge on any atom is -0.444 e. The predicted molar refractivity (Wildman–Crippen MR) is 172 cm³/mol. The number of nitrogens with one attached hydrogen (secondary N) is 2. The van der Waals surface area contributed by atoms with E-state index in [-0.39, 0.29) is 28.5 Å². The van der Waals surface area contributed by atoms with Crippen LogP contribution >= 0.6 is 22.9 Å². The lowest BCUT2D eigenvalue weighted by Crippen LogP contribution is -2.40. The Labute approximate surface area is 263 Å². The summed E-state index contributed by atoms with van der Waals surface area (Å²) >= 11 is 7.67. The topological polar surface area (TPSA) is 108 Å². The van der Waals surface area contributed by atoms with Crippen LogP contribution in [0.25, 0.3) is 26.1 Å². The molecule has 2 fully saturated rings. The van der Waals surface area contributed by atoms with Gasteiger partial charge in [-0.05, 0) is 84.3 Å². The van der Waals surface area contributed by atoms with Gasteiger partial charge in [-0.1, -0.05) is 11.6 Å². The number of ether oxygens (including phenoxy) is 1. The lowest BCUT2D eigenvalue weighted by atomic mass is 10.1. The number of anilines is 1. The Morgan fingerprint density at radius 1 is 1.20 bits per heavy atom. The van der Waals surface area contributed by atoms with Gasteiger partial charge in [0.05, 0.1) is 21.6 Å². The van der Waals surface area contributed by atoms with Crippen molar-refractivity contribution in [3.05, 3.63) is 50.9 Å². The van der Waals surface area contributed by atoms with Crippen molar-refractivity contribution in [2.45, 2.75) is 64.1 Å². The van der Waals surface area contributed by atoms with Crippen LogP contribution in [-0.2, 0) is 4.74 Å². The summed E-state index contributed by atoms with van der Waals surface area (Å²) in [4.78, 5) is 48.9. The number of benzene rings is 1. The van der Waals surface area contributed by atoms with Crippen LogP contribution in [0.4, 0.5) is 15.0 Å². The van der Waals surface area contributed by atoms with Crippen molar-refractivity contribution >= 4 is 66.8 Å². The van der Waals surface area contributed by atoms with Crippen molar-refractivity contribution in [1.29, 1.82) is 0 Å². The molecule has 1 aromatic carbocycles. The molecule has 44 heavy (non-hydrogen) atoms. The second-order valence-electron chi connectivity index (χ2n) is 12.6. The van der Waals surface area contributed by atoms with E-state index in [0.717, 1.165) is 30.5 Å². The standard InChI is InChI=1S/C31H36ClFN6O4S/c1-31(2,3)43-30(42)35-18-10-13-38(16-18)27-21(33)15-20-25(40)24(28(41)34-11-9-19-6-5-12-37(19)4)29-39(26(20)36-27)22-14-17(32)7-8-23(22)44-29/h7-8,14-15,18-19H,5-6,9-13,16H2,1-4H3,(H,34,41)(H,35,42). The maximum Gasteiger partial charge on any atom is 0.407 e. The van der Waals surface area contributed by atoms with Crippen molar-refractivity contribution in [3.63, 3.8) is 0 Å². The van der Waals surface area contributed by atoms with Crippen molar-refractivity contribution in [2.75, 3.05) is 38.1 Å². The second kappa shape index (κ2) is 11.8. The largest absolute Gasteiger partial charge is 0.444 e. The third kappa shape index (κ3) is 5.94. The average molecular weight is 643 g/mol. The molecule has 0 aliphatic carbocycles. The van der Waals surface area contributed by atoms with Crippen LogP contribution < -0.4 is 21.0 Å². The molecule has 2 N–H and O–H groups in total. The average Bonchev–Trinajstić information content (AvgIpc) is 3.66. The molecule has 10 nitrogen and oxygen atoms in total. The van der Waals surface area contributed by atoms with Gasteiger partial charge in [0.15, 0.2) is 17.3 Å². The van der Waals surface area contributed by atoms with Crippen molar-refractivity contribution in [1.82, 2.24) is 24.9 Å². The SMILES string of the molecule is CN1CCCC1CCNC(=O)c1c(=O)c2cc(F)c(N3CCC(NC(=O)OC(C)(C)C)C3)nc2n2c1sc1ccc(Cl)cc12. The fraction of sp³-hybridized carbons (Fsp3) is 0.484. The van der Waals surface area contributed by atoms with Gasteiger partial charge in [0.25, 0.3) is 5.91 Å². The molecule has 0 radical (unpaired) electrons. The molecule has 6 rings (SSSR count). The number of likely N-dealkylation sites (tertiary alicyclic amines) is 1. The van der Waals surface area contributed by atoms with Gasteiger partial charge < -0.3 is 25.2 Å². The molecule has 0 bridgehead atoms. The summed E-state index contributed by atoms with van der Waals surface area (Å²) in [5, 5.41) is 6.27. The molecule has 2 unspecified atom stereocenters. The van der Waals surface area contributed by atoms with Crippen LogP contribution in [0.15, 0.2) is 29.1 Å². The van der Waals surface area contributed by atoms with Gasteiger partial charge in [0.1, 0.15) is 16.0 Å². The summed E-state index contributed by atoms with van der Waals surface area (Å²) in [6, 6.07) is 6.63. The van der Waals surface area contributed by atoms with E-state index in [2.05, 4.69) is 22.6 Å². The number of alkyl carbamates (subject to hydrolysis) is 1. The summed E-state index contributed by atoms with van der Waals surface area (Å²) in [6.45, 7) is 7.59. The molecule has 2 aliphatic heterocycles. The monoisotopic (exact) mass is 642 g/mol. The lowest BCUT2D eigenvalue weighted by Gasteiger charge is -2.22. The van der Waals surface area contributed by atoms with E-state index in [1.165, 1.54) is 17.4 Å². The van der Waals surface area contributed by atoms with Gasteiger partial charge in [-0.15, -0.1) is 11.3 Å². The number of hydrogen-bond acceptors (Lipinski definition) is 8. The zero-order valence-corrected chi connectivity index (χ0v) is 26.8. The number of halogens is 2. The molecule has 234 valence electrons. The van der Waals surface area contributed by atoms with E-state index in [4.69, 9.17) is 21.3 Å². The highest BCUT2D eigenvalue weighted by Gasteiger charge is 2.30. The Bertz CT molecular complexity index is 1840. The Kier molecular flexibility index (Phi) is 8.18. The normalized spacial score (nSPS) is 19.4. The Morgan fingerprint density at radius 2 is 2.00 bits per heavy atom. The van der Waals surface area contributed by atoms with Gasteiger partial charge in [0, 0.05) is 30.7 Å². The molecule has 0 spiro atoms. The highest BCUT2D eigenvalue weighted by molar-refractivity contribution is 7.24. The van der Waals surface area contributed by atoms with E-state index < -0.39 is 28.8 Å². The lowest BCUT2D eigenvalue weighted by molar-refractivity contribution is 0.0508. The third-order valence-corrected chi connectivity index (χ3v) is 9.66. The molecule has 4 aromatic rings. The number of nitrogens with zero attached hydrogens (tertiary/aromatic N) is 4. The Morgan fingerprint density at radius 3 is 2.73 bits per heavy atom. The molecule has 3 aromatic heterocycles. The number of thiazole rings is 1. The van der Waals surface area contributed by atoms with Crippen LogP contribution in [0.2, 0.25) is 5.02 Å². The van der Waals surface area contributed by atoms with Crippen molar-refractivity contribution < 1.29 is 18.7 Å². The number of amides is 2. The molecule has 5 heterocycles. The van der Waals surface area contributed by atoms with Gasteiger partial charge >= 0.3 is 6.09 Å². The molecular formula is C31H36ClFN6O4S. The van der Waals surface area contributed by atoms with Gasteiger partial charge in [-0.3, -0.25) is 14.0 Å². The molecule has 13 heteroatoms. The molecule has 2 amide bonds. The maximum absolute atomic E-state index is 15.7. The first kappa shape index (κ1) is 30.5. The first-order valence-electron chi connectivity index (χ1n) is 14.9. The Balaban J connectivity index is 1.38. The third-order valence-electron chi connectivity index (χ3n) is 8.28. The number of carbonyl (C=O) groups excluding carboxylic acids is 2. The minimum atomic E-state index is -0.680. The summed E-state index contributed by atoms with van der Waals surface area (Å²) < 4.78 is 23.6. The Hall–Kier alpha value is -3.48. The smallest absolute Gasteiger partial charge is 0.407 e. The van der Waals surface area contributed by atoms with Crippen LogP contribution in [-0.4, -0.2) is 77.2 Å². The van der Waals surface area contributed by atoms with Crippen molar-refractivity contribution in [3.8, 4) is 0 Å². The maximum atomic E-state index is 15.7. The van der Waals surface area contributed by atoms with E-state index >= 15 is 4.39 Å². The zero-order valence-electron chi connectivity index (χ0n) is 25.2. The molecule has 0 saturated carbocycles. The quantitative estimate of drug-likeness (QED) is 0.299. The fourth-order valence-electron chi connectivity index (χ4n) is 6.17. The van der Waals surface area contributed by atoms with Crippen LogP contribution in [0, 0.1) is 5.82 Å². The number of pyridine rings is 2. The zero-order chi connectivity index (χ0) is 31.3. The van der Waals surface area contributed by atoms with Crippen LogP contribution in [0.1, 0.15) is 56.8 Å². The number of carbonyl (C=O) groups is 2. The molecule has 2 saturated heterocycles. The molecule has 2 atom stereocenters. The number of aromatic nitrogens is 2. The second-order valence-corrected chi connectivity index (χ2v) is 14.1. The van der Waals surface area contributed by atoms with Crippen LogP contribution in [0.3, 0.4) is 0 Å². The van der Waals surface area contributed by atoms with E-state index in [1.54, 1.807) is 42.2 Å². The minimum absolute atomic E-state index is 0.00623.